The SMILES string of the molecule is CC(C)C[C@H](CN)CC(=O)N[C@H](C)c1ccncc1. The fourth-order valence-electron chi connectivity index (χ4n) is 2.23. The number of hydrogen-bond donors (Lipinski definition) is 2. The third kappa shape index (κ3) is 5.83. The molecule has 0 aliphatic rings. The van der Waals surface area contributed by atoms with Crippen LogP contribution in [0.1, 0.15) is 45.2 Å². The van der Waals surface area contributed by atoms with Crippen LogP contribution >= 0.6 is 0 Å². The maximum Gasteiger partial charge on any atom is 0.220 e. The molecule has 0 bridgehead atoms. The average Bonchev–Trinajstić information content (AvgIpc) is 2.38. The van der Waals surface area contributed by atoms with Crippen molar-refractivity contribution in [2.24, 2.45) is 17.6 Å². The van der Waals surface area contributed by atoms with Crippen molar-refractivity contribution in [1.29, 1.82) is 0 Å². The molecule has 1 heterocycles. The van der Waals surface area contributed by atoms with Gasteiger partial charge in [0, 0.05) is 18.8 Å². The van der Waals surface area contributed by atoms with E-state index in [0.717, 1.165) is 12.0 Å². The summed E-state index contributed by atoms with van der Waals surface area (Å²) in [5.41, 5.74) is 6.79. The molecular formula is C15H25N3O. The smallest absolute Gasteiger partial charge is 0.220 e. The number of amides is 1. The lowest BCUT2D eigenvalue weighted by Gasteiger charge is -2.19. The first-order valence-electron chi connectivity index (χ1n) is 6.92. The number of rotatable bonds is 7. The molecule has 106 valence electrons. The van der Waals surface area contributed by atoms with Gasteiger partial charge in [0.2, 0.25) is 5.91 Å². The zero-order valence-corrected chi connectivity index (χ0v) is 12.1. The quantitative estimate of drug-likeness (QED) is 0.793. The van der Waals surface area contributed by atoms with Crippen LogP contribution in [0.2, 0.25) is 0 Å². The van der Waals surface area contributed by atoms with E-state index in [1.54, 1.807) is 12.4 Å². The van der Waals surface area contributed by atoms with Gasteiger partial charge in [-0.25, -0.2) is 0 Å². The molecule has 0 unspecified atom stereocenters. The summed E-state index contributed by atoms with van der Waals surface area (Å²) in [5.74, 6) is 0.907. The summed E-state index contributed by atoms with van der Waals surface area (Å²) < 4.78 is 0. The molecule has 0 spiro atoms. The van der Waals surface area contributed by atoms with E-state index in [-0.39, 0.29) is 17.9 Å². The van der Waals surface area contributed by atoms with Gasteiger partial charge in [0.1, 0.15) is 0 Å². The topological polar surface area (TPSA) is 68.0 Å². The number of nitrogens with two attached hydrogens (primary N) is 1. The minimum atomic E-state index is 0.00738. The first-order valence-corrected chi connectivity index (χ1v) is 6.92. The maximum atomic E-state index is 12.0. The van der Waals surface area contributed by atoms with Crippen molar-refractivity contribution in [3.05, 3.63) is 30.1 Å². The van der Waals surface area contributed by atoms with Crippen LogP contribution in [0.4, 0.5) is 0 Å². The highest BCUT2D eigenvalue weighted by Crippen LogP contribution is 2.16. The van der Waals surface area contributed by atoms with Gasteiger partial charge in [-0.3, -0.25) is 9.78 Å². The van der Waals surface area contributed by atoms with E-state index in [4.69, 9.17) is 5.73 Å². The lowest BCUT2D eigenvalue weighted by Crippen LogP contribution is -2.30. The predicted molar refractivity (Wildman–Crippen MR) is 77.4 cm³/mol. The Kier molecular flexibility index (Phi) is 6.50. The van der Waals surface area contributed by atoms with Crippen LogP contribution in [0, 0.1) is 11.8 Å². The predicted octanol–water partition coefficient (Wildman–Crippen LogP) is 2.27. The average molecular weight is 263 g/mol. The molecule has 1 aromatic rings. The third-order valence-corrected chi connectivity index (χ3v) is 3.20. The molecule has 0 aliphatic carbocycles. The van der Waals surface area contributed by atoms with Crippen LogP contribution in [0.3, 0.4) is 0 Å². The molecule has 4 heteroatoms. The molecular weight excluding hydrogens is 238 g/mol. The molecule has 0 aromatic carbocycles. The van der Waals surface area contributed by atoms with Crippen molar-refractivity contribution in [3.8, 4) is 0 Å². The number of nitrogens with one attached hydrogen (secondary N) is 1. The second-order valence-corrected chi connectivity index (χ2v) is 5.51. The number of pyridine rings is 1. The third-order valence-electron chi connectivity index (χ3n) is 3.20. The van der Waals surface area contributed by atoms with Gasteiger partial charge in [0.05, 0.1) is 6.04 Å². The van der Waals surface area contributed by atoms with E-state index in [2.05, 4.69) is 24.1 Å². The van der Waals surface area contributed by atoms with E-state index >= 15 is 0 Å². The highest BCUT2D eigenvalue weighted by Gasteiger charge is 2.16. The number of carbonyl (C=O) groups is 1. The molecule has 1 aromatic heterocycles. The summed E-state index contributed by atoms with van der Waals surface area (Å²) in [4.78, 5) is 16.0. The second-order valence-electron chi connectivity index (χ2n) is 5.51. The Morgan fingerprint density at radius 2 is 1.95 bits per heavy atom. The Hall–Kier alpha value is -1.42. The van der Waals surface area contributed by atoms with Gasteiger partial charge in [-0.2, -0.15) is 0 Å². The summed E-state index contributed by atoms with van der Waals surface area (Å²) >= 11 is 0. The van der Waals surface area contributed by atoms with Gasteiger partial charge < -0.3 is 11.1 Å². The Morgan fingerprint density at radius 3 is 2.47 bits per heavy atom. The summed E-state index contributed by atoms with van der Waals surface area (Å²) in [6.45, 7) is 6.85. The van der Waals surface area contributed by atoms with Gasteiger partial charge >= 0.3 is 0 Å². The van der Waals surface area contributed by atoms with E-state index in [9.17, 15) is 4.79 Å². The Labute approximate surface area is 115 Å². The fourth-order valence-corrected chi connectivity index (χ4v) is 2.23. The monoisotopic (exact) mass is 263 g/mol. The summed E-state index contributed by atoms with van der Waals surface area (Å²) in [6, 6.07) is 3.84. The van der Waals surface area contributed by atoms with Crippen molar-refractivity contribution in [1.82, 2.24) is 10.3 Å². The van der Waals surface area contributed by atoms with Crippen LogP contribution < -0.4 is 11.1 Å². The van der Waals surface area contributed by atoms with Gasteiger partial charge in [-0.05, 0) is 49.4 Å². The molecule has 2 atom stereocenters. The minimum absolute atomic E-state index is 0.00738. The van der Waals surface area contributed by atoms with Gasteiger partial charge in [0.25, 0.3) is 0 Å². The summed E-state index contributed by atoms with van der Waals surface area (Å²) in [5, 5.41) is 3.01. The zero-order chi connectivity index (χ0) is 14.3. The van der Waals surface area contributed by atoms with Crippen molar-refractivity contribution in [3.63, 3.8) is 0 Å². The van der Waals surface area contributed by atoms with Crippen LogP contribution in [0.25, 0.3) is 0 Å². The highest BCUT2D eigenvalue weighted by molar-refractivity contribution is 5.76. The van der Waals surface area contributed by atoms with Gasteiger partial charge in [0.15, 0.2) is 0 Å². The van der Waals surface area contributed by atoms with Crippen molar-refractivity contribution in [2.75, 3.05) is 6.54 Å². The summed E-state index contributed by atoms with van der Waals surface area (Å²) in [7, 11) is 0. The second kappa shape index (κ2) is 7.89. The lowest BCUT2D eigenvalue weighted by atomic mass is 9.94. The normalized spacial score (nSPS) is 14.2. The maximum absolute atomic E-state index is 12.0. The van der Waals surface area contributed by atoms with E-state index in [1.165, 1.54) is 0 Å². The molecule has 0 radical (unpaired) electrons. The number of aromatic nitrogens is 1. The lowest BCUT2D eigenvalue weighted by molar-refractivity contribution is -0.122. The first-order chi connectivity index (χ1) is 9.02. The molecule has 19 heavy (non-hydrogen) atoms. The zero-order valence-electron chi connectivity index (χ0n) is 12.1. The highest BCUT2D eigenvalue weighted by atomic mass is 16.1. The number of nitrogens with zero attached hydrogens (tertiary/aromatic N) is 1. The standard InChI is InChI=1S/C15H25N3O/c1-11(2)8-13(10-16)9-15(19)18-12(3)14-4-6-17-7-5-14/h4-7,11-13H,8-10,16H2,1-3H3,(H,18,19)/t12-,13+/m1/s1. The van der Waals surface area contributed by atoms with E-state index < -0.39 is 0 Å². The van der Waals surface area contributed by atoms with E-state index in [0.29, 0.717) is 18.9 Å². The summed E-state index contributed by atoms with van der Waals surface area (Å²) in [6.07, 6.45) is 4.97. The Bertz CT molecular complexity index is 378. The van der Waals surface area contributed by atoms with Crippen LogP contribution in [0.15, 0.2) is 24.5 Å². The largest absolute Gasteiger partial charge is 0.350 e. The fraction of sp³-hybridized carbons (Fsp3) is 0.600. The van der Waals surface area contributed by atoms with Crippen LogP contribution in [-0.4, -0.2) is 17.4 Å². The molecule has 0 aliphatic heterocycles. The van der Waals surface area contributed by atoms with Gasteiger partial charge in [-0.15, -0.1) is 0 Å². The molecule has 4 nitrogen and oxygen atoms in total. The Balaban J connectivity index is 2.46. The molecule has 0 saturated heterocycles. The van der Waals surface area contributed by atoms with Crippen molar-refractivity contribution in [2.45, 2.75) is 39.7 Å². The number of hydrogen-bond acceptors (Lipinski definition) is 3. The molecule has 0 fully saturated rings. The minimum Gasteiger partial charge on any atom is -0.350 e. The first kappa shape index (κ1) is 15.6. The molecule has 1 rings (SSSR count). The van der Waals surface area contributed by atoms with Crippen LogP contribution in [0.5, 0.6) is 0 Å². The Morgan fingerprint density at radius 1 is 1.32 bits per heavy atom. The van der Waals surface area contributed by atoms with E-state index in [1.807, 2.05) is 19.1 Å². The molecule has 0 saturated carbocycles. The van der Waals surface area contributed by atoms with Gasteiger partial charge in [-0.1, -0.05) is 13.8 Å². The molecule has 1 amide bonds. The van der Waals surface area contributed by atoms with Crippen LogP contribution in [-0.2, 0) is 4.79 Å². The molecule has 3 N–H and O–H groups in total. The van der Waals surface area contributed by atoms with Crippen molar-refractivity contribution >= 4 is 5.91 Å². The van der Waals surface area contributed by atoms with Crippen molar-refractivity contribution < 1.29 is 4.79 Å². The number of carbonyl (C=O) groups excluding carboxylic acids is 1.